The number of piperidine rings is 1. The quantitative estimate of drug-likeness (QED) is 0.698. The van der Waals surface area contributed by atoms with Gasteiger partial charge in [-0.15, -0.1) is 0 Å². The van der Waals surface area contributed by atoms with Crippen LogP contribution in [0.25, 0.3) is 0 Å². The first-order chi connectivity index (χ1) is 15.4. The number of ether oxygens (including phenoxy) is 2. The molecular weight excluding hydrogens is 404 g/mol. The summed E-state index contributed by atoms with van der Waals surface area (Å²) in [5.74, 6) is 1.44. The first-order valence-electron chi connectivity index (χ1n) is 11.3. The fourth-order valence-corrected chi connectivity index (χ4v) is 4.64. The molecule has 2 fully saturated rings. The van der Waals surface area contributed by atoms with Gasteiger partial charge >= 0.3 is 0 Å². The van der Waals surface area contributed by atoms with Crippen LogP contribution in [0.5, 0.6) is 11.5 Å². The first kappa shape index (κ1) is 22.2. The number of aryl methyl sites for hydroxylation is 1. The molecule has 1 aliphatic carbocycles. The predicted octanol–water partition coefficient (Wildman–Crippen LogP) is 4.41. The highest BCUT2D eigenvalue weighted by Crippen LogP contribution is 2.43. The van der Waals surface area contributed by atoms with Gasteiger partial charge in [0.25, 0.3) is 0 Å². The first-order valence-corrected chi connectivity index (χ1v) is 11.3. The molecule has 0 bridgehead atoms. The van der Waals surface area contributed by atoms with Gasteiger partial charge in [0.2, 0.25) is 11.8 Å². The zero-order valence-electron chi connectivity index (χ0n) is 19.3. The normalized spacial score (nSPS) is 21.8. The lowest BCUT2D eigenvalue weighted by Gasteiger charge is -2.41. The van der Waals surface area contributed by atoms with Gasteiger partial charge < -0.3 is 19.7 Å². The molecular formula is C26H32N2O4. The summed E-state index contributed by atoms with van der Waals surface area (Å²) < 4.78 is 10.9. The van der Waals surface area contributed by atoms with E-state index in [2.05, 4.69) is 12.2 Å². The Balaban J connectivity index is 1.75. The van der Waals surface area contributed by atoms with Gasteiger partial charge in [-0.05, 0) is 68.9 Å². The monoisotopic (exact) mass is 436 g/mol. The van der Waals surface area contributed by atoms with Crippen LogP contribution in [-0.4, -0.2) is 32.1 Å². The maximum atomic E-state index is 13.4. The molecule has 32 heavy (non-hydrogen) atoms. The molecule has 6 nitrogen and oxygen atoms in total. The molecule has 2 aliphatic rings. The van der Waals surface area contributed by atoms with E-state index in [9.17, 15) is 9.59 Å². The number of hydrogen-bond donors (Lipinski definition) is 1. The van der Waals surface area contributed by atoms with Crippen molar-refractivity contribution in [1.82, 2.24) is 5.32 Å². The van der Waals surface area contributed by atoms with Gasteiger partial charge in [-0.2, -0.15) is 0 Å². The third kappa shape index (κ3) is 4.45. The van der Waals surface area contributed by atoms with Gasteiger partial charge in [0.15, 0.2) is 11.5 Å². The molecule has 6 heteroatoms. The predicted molar refractivity (Wildman–Crippen MR) is 124 cm³/mol. The van der Waals surface area contributed by atoms with E-state index in [1.54, 1.807) is 19.1 Å². The van der Waals surface area contributed by atoms with Crippen LogP contribution in [-0.2, 0) is 9.59 Å². The summed E-state index contributed by atoms with van der Waals surface area (Å²) in [5.41, 5.74) is 2.78. The van der Waals surface area contributed by atoms with Gasteiger partial charge in [0.05, 0.1) is 26.2 Å². The zero-order chi connectivity index (χ0) is 22.8. The summed E-state index contributed by atoms with van der Waals surface area (Å²) in [6.45, 7) is 4.09. The van der Waals surface area contributed by atoms with Gasteiger partial charge in [0, 0.05) is 18.2 Å². The Kier molecular flexibility index (Phi) is 6.40. The van der Waals surface area contributed by atoms with Gasteiger partial charge in [-0.25, -0.2) is 0 Å². The Bertz CT molecular complexity index is 984. The van der Waals surface area contributed by atoms with Crippen molar-refractivity contribution in [2.45, 2.75) is 51.6 Å². The molecule has 1 aliphatic heterocycles. The maximum absolute atomic E-state index is 13.4. The molecule has 2 aromatic carbocycles. The van der Waals surface area contributed by atoms with Crippen molar-refractivity contribution in [2.24, 2.45) is 11.8 Å². The third-order valence-corrected chi connectivity index (χ3v) is 6.69. The van der Waals surface area contributed by atoms with Crippen LogP contribution in [0, 0.1) is 18.8 Å². The highest BCUT2D eigenvalue weighted by Gasteiger charge is 2.42. The summed E-state index contributed by atoms with van der Waals surface area (Å²) in [6.07, 6.45) is 3.19. The lowest BCUT2D eigenvalue weighted by molar-refractivity contribution is -0.129. The maximum Gasteiger partial charge on any atom is 0.227 e. The van der Waals surface area contributed by atoms with E-state index < -0.39 is 6.04 Å². The number of carbonyl (C=O) groups excluding carboxylic acids is 2. The van der Waals surface area contributed by atoms with Crippen LogP contribution in [0.3, 0.4) is 0 Å². The number of nitrogens with zero attached hydrogens (tertiary/aromatic N) is 1. The Morgan fingerprint density at radius 2 is 1.72 bits per heavy atom. The Morgan fingerprint density at radius 1 is 1.03 bits per heavy atom. The van der Waals surface area contributed by atoms with E-state index in [1.807, 2.05) is 49.4 Å². The van der Waals surface area contributed by atoms with Crippen molar-refractivity contribution in [3.63, 3.8) is 0 Å². The number of rotatable bonds is 7. The van der Waals surface area contributed by atoms with Crippen LogP contribution >= 0.6 is 0 Å². The molecule has 1 N–H and O–H groups in total. The molecule has 170 valence electrons. The standard InChI is InChI=1S/C26H32N2O4/c1-16-5-10-20(11-6-16)28-24(29)14-12-21(26(30)27-17(2)18-7-8-18)25(28)19-9-13-22(31-3)23(15-19)32-4/h5-6,9-11,13,15,17-18,21,25H,7-8,12,14H2,1-4H3,(H,27,30). The molecule has 1 saturated carbocycles. The SMILES string of the molecule is COc1ccc(C2C(C(=O)NC(C)C3CC3)CCC(=O)N2c2ccc(C)cc2)cc1OC. The second kappa shape index (κ2) is 9.23. The molecule has 2 amide bonds. The summed E-state index contributed by atoms with van der Waals surface area (Å²) in [6, 6.07) is 13.3. The van der Waals surface area contributed by atoms with Crippen molar-refractivity contribution in [3.8, 4) is 11.5 Å². The van der Waals surface area contributed by atoms with Crippen LogP contribution in [0.4, 0.5) is 5.69 Å². The average molecular weight is 437 g/mol. The minimum Gasteiger partial charge on any atom is -0.493 e. The third-order valence-electron chi connectivity index (χ3n) is 6.69. The summed E-state index contributed by atoms with van der Waals surface area (Å²) in [5, 5.41) is 3.23. The molecule has 0 radical (unpaired) electrons. The summed E-state index contributed by atoms with van der Waals surface area (Å²) in [4.78, 5) is 28.4. The molecule has 2 aromatic rings. The number of anilines is 1. The zero-order valence-corrected chi connectivity index (χ0v) is 19.3. The van der Waals surface area contributed by atoms with Crippen LogP contribution in [0.1, 0.15) is 49.8 Å². The van der Waals surface area contributed by atoms with E-state index in [1.165, 1.54) is 12.8 Å². The lowest BCUT2D eigenvalue weighted by atomic mass is 9.82. The summed E-state index contributed by atoms with van der Waals surface area (Å²) in [7, 11) is 3.18. The van der Waals surface area contributed by atoms with E-state index in [-0.39, 0.29) is 23.8 Å². The fraction of sp³-hybridized carbons (Fsp3) is 0.462. The van der Waals surface area contributed by atoms with Crippen molar-refractivity contribution >= 4 is 17.5 Å². The van der Waals surface area contributed by atoms with Gasteiger partial charge in [-0.3, -0.25) is 9.59 Å². The highest BCUT2D eigenvalue weighted by atomic mass is 16.5. The van der Waals surface area contributed by atoms with Gasteiger partial charge in [0.1, 0.15) is 0 Å². The topological polar surface area (TPSA) is 67.9 Å². The molecule has 1 heterocycles. The number of benzene rings is 2. The molecule has 3 atom stereocenters. The Hall–Kier alpha value is -3.02. The highest BCUT2D eigenvalue weighted by molar-refractivity contribution is 5.97. The van der Waals surface area contributed by atoms with Crippen molar-refractivity contribution in [1.29, 1.82) is 0 Å². The van der Waals surface area contributed by atoms with Crippen molar-refractivity contribution < 1.29 is 19.1 Å². The fourth-order valence-electron chi connectivity index (χ4n) is 4.64. The van der Waals surface area contributed by atoms with Gasteiger partial charge in [-0.1, -0.05) is 23.8 Å². The average Bonchev–Trinajstić information content (AvgIpc) is 3.64. The molecule has 1 saturated heterocycles. The van der Waals surface area contributed by atoms with Crippen LogP contribution in [0.2, 0.25) is 0 Å². The summed E-state index contributed by atoms with van der Waals surface area (Å²) >= 11 is 0. The minimum atomic E-state index is -0.426. The van der Waals surface area contributed by atoms with Crippen LogP contribution in [0.15, 0.2) is 42.5 Å². The smallest absolute Gasteiger partial charge is 0.227 e. The Morgan fingerprint density at radius 3 is 2.34 bits per heavy atom. The molecule has 4 rings (SSSR count). The van der Waals surface area contributed by atoms with Crippen molar-refractivity contribution in [3.05, 3.63) is 53.6 Å². The number of carbonyl (C=O) groups is 2. The second-order valence-electron chi connectivity index (χ2n) is 8.94. The number of hydrogen-bond acceptors (Lipinski definition) is 4. The largest absolute Gasteiger partial charge is 0.493 e. The van der Waals surface area contributed by atoms with E-state index in [0.29, 0.717) is 30.3 Å². The number of nitrogens with one attached hydrogen (secondary N) is 1. The molecule has 3 unspecified atom stereocenters. The van der Waals surface area contributed by atoms with E-state index in [4.69, 9.17) is 9.47 Å². The number of amides is 2. The number of methoxy groups -OCH3 is 2. The minimum absolute atomic E-state index is 0.00814. The van der Waals surface area contributed by atoms with E-state index >= 15 is 0 Å². The van der Waals surface area contributed by atoms with Crippen molar-refractivity contribution in [2.75, 3.05) is 19.1 Å². The molecule has 0 aromatic heterocycles. The second-order valence-corrected chi connectivity index (χ2v) is 8.94. The molecule has 0 spiro atoms. The van der Waals surface area contributed by atoms with E-state index in [0.717, 1.165) is 16.8 Å². The Labute approximate surface area is 189 Å². The lowest BCUT2D eigenvalue weighted by Crippen LogP contribution is -2.50. The van der Waals surface area contributed by atoms with Crippen LogP contribution < -0.4 is 19.7 Å².